The van der Waals surface area contributed by atoms with Crippen molar-refractivity contribution in [3.8, 4) is 5.75 Å². The molecule has 9 heteroatoms. The van der Waals surface area contributed by atoms with Crippen LogP contribution in [0.5, 0.6) is 5.75 Å². The zero-order valence-corrected chi connectivity index (χ0v) is 11.0. The third kappa shape index (κ3) is 2.54. The van der Waals surface area contributed by atoms with Gasteiger partial charge < -0.3 is 4.74 Å². The first-order valence-electron chi connectivity index (χ1n) is 5.01. The van der Waals surface area contributed by atoms with E-state index in [1.54, 1.807) is 0 Å². The van der Waals surface area contributed by atoms with E-state index in [1.807, 2.05) is 0 Å². The first-order valence-corrected chi connectivity index (χ1v) is 7.39. The number of methoxy groups -OCH3 is 1. The molecule has 1 aliphatic heterocycles. The van der Waals surface area contributed by atoms with Crippen LogP contribution in [0.15, 0.2) is 12.4 Å². The molecule has 1 saturated heterocycles. The Morgan fingerprint density at radius 3 is 2.50 bits per heavy atom. The molecule has 1 fully saturated rings. The van der Waals surface area contributed by atoms with Crippen LogP contribution >= 0.6 is 10.7 Å². The van der Waals surface area contributed by atoms with Crippen molar-refractivity contribution in [2.45, 2.75) is 11.7 Å². The molecule has 2 heterocycles. The summed E-state index contributed by atoms with van der Waals surface area (Å²) in [5.74, 6) is 0.227. The fraction of sp³-hybridized carbons (Fsp3) is 0.444. The van der Waals surface area contributed by atoms with E-state index < -0.39 is 14.3 Å². The van der Waals surface area contributed by atoms with Gasteiger partial charge in [-0.15, -0.1) is 0 Å². The fourth-order valence-electron chi connectivity index (χ4n) is 1.61. The Morgan fingerprint density at radius 1 is 1.44 bits per heavy atom. The molecule has 2 rings (SSSR count). The number of rotatable bonds is 3. The Labute approximate surface area is 108 Å². The second-order valence-electron chi connectivity index (χ2n) is 3.73. The number of hydrogen-bond acceptors (Lipinski definition) is 6. The van der Waals surface area contributed by atoms with E-state index in [0.29, 0.717) is 5.75 Å². The number of carbonyl (C=O) groups excluding carboxylic acids is 1. The highest BCUT2D eigenvalue weighted by Crippen LogP contribution is 2.24. The minimum atomic E-state index is -3.76. The van der Waals surface area contributed by atoms with Crippen LogP contribution in [0.1, 0.15) is 6.42 Å². The second-order valence-corrected chi connectivity index (χ2v) is 6.64. The zero-order chi connectivity index (χ0) is 13.3. The Bertz CT molecular complexity index is 560. The van der Waals surface area contributed by atoms with Gasteiger partial charge in [-0.05, 0) is 0 Å². The predicted octanol–water partition coefficient (Wildman–Crippen LogP) is 0.159. The van der Waals surface area contributed by atoms with E-state index in [2.05, 4.69) is 9.97 Å². The van der Waals surface area contributed by atoms with Gasteiger partial charge in [0.2, 0.25) is 20.9 Å². The van der Waals surface area contributed by atoms with Gasteiger partial charge in [0.15, 0.2) is 5.75 Å². The van der Waals surface area contributed by atoms with Crippen LogP contribution in [-0.4, -0.2) is 43.2 Å². The molecule has 1 amide bonds. The summed E-state index contributed by atoms with van der Waals surface area (Å²) in [6.07, 6.45) is 2.65. The molecule has 1 aliphatic rings. The third-order valence-corrected chi connectivity index (χ3v) is 4.45. The van der Waals surface area contributed by atoms with Gasteiger partial charge in [0.05, 0.1) is 19.5 Å². The Morgan fingerprint density at radius 2 is 2.06 bits per heavy atom. The van der Waals surface area contributed by atoms with E-state index in [-0.39, 0.29) is 24.8 Å². The van der Waals surface area contributed by atoms with Crippen LogP contribution in [0.25, 0.3) is 0 Å². The molecule has 0 aliphatic carbocycles. The minimum absolute atomic E-state index is 0.0308. The molecule has 1 atom stereocenters. The van der Waals surface area contributed by atoms with Gasteiger partial charge in [-0.25, -0.2) is 18.4 Å². The highest BCUT2D eigenvalue weighted by atomic mass is 35.7. The molecule has 0 aromatic carbocycles. The fourth-order valence-corrected chi connectivity index (χ4v) is 2.64. The summed E-state index contributed by atoms with van der Waals surface area (Å²) in [6.45, 7) is -0.0308. The molecule has 98 valence electrons. The number of aromatic nitrogens is 2. The average molecular weight is 292 g/mol. The molecule has 1 aromatic rings. The molecule has 18 heavy (non-hydrogen) atoms. The molecule has 0 N–H and O–H groups in total. The van der Waals surface area contributed by atoms with Crippen LogP contribution < -0.4 is 9.64 Å². The summed E-state index contributed by atoms with van der Waals surface area (Å²) in [5, 5.41) is -0.919. The Balaban J connectivity index is 2.21. The lowest BCUT2D eigenvalue weighted by Gasteiger charge is -2.13. The Hall–Kier alpha value is -1.41. The van der Waals surface area contributed by atoms with Crippen LogP contribution in [0, 0.1) is 0 Å². The summed E-state index contributed by atoms with van der Waals surface area (Å²) in [4.78, 5) is 20.7. The number of carbonyl (C=O) groups is 1. The molecule has 0 radical (unpaired) electrons. The lowest BCUT2D eigenvalue weighted by molar-refractivity contribution is -0.117. The van der Waals surface area contributed by atoms with Crippen molar-refractivity contribution >= 4 is 31.6 Å². The molecular formula is C9H10ClN3O4S. The maximum Gasteiger partial charge on any atom is 0.237 e. The van der Waals surface area contributed by atoms with Crippen molar-refractivity contribution in [2.75, 3.05) is 18.6 Å². The van der Waals surface area contributed by atoms with Gasteiger partial charge in [0.1, 0.15) is 5.25 Å². The summed E-state index contributed by atoms with van der Waals surface area (Å²) in [6, 6.07) is 0. The van der Waals surface area contributed by atoms with Gasteiger partial charge in [0.25, 0.3) is 0 Å². The third-order valence-electron chi connectivity index (χ3n) is 2.58. The van der Waals surface area contributed by atoms with E-state index in [0.717, 1.165) is 0 Å². The highest BCUT2D eigenvalue weighted by Gasteiger charge is 2.39. The van der Waals surface area contributed by atoms with Gasteiger partial charge in [0, 0.05) is 23.6 Å². The maximum absolute atomic E-state index is 11.7. The summed E-state index contributed by atoms with van der Waals surface area (Å²) < 4.78 is 27.3. The van der Waals surface area contributed by atoms with Crippen molar-refractivity contribution in [1.29, 1.82) is 0 Å². The first-order chi connectivity index (χ1) is 8.41. The number of hydrogen-bond donors (Lipinski definition) is 0. The van der Waals surface area contributed by atoms with Crippen LogP contribution in [-0.2, 0) is 13.8 Å². The van der Waals surface area contributed by atoms with Crippen molar-refractivity contribution in [3.05, 3.63) is 12.4 Å². The standard InChI is InChI=1S/C9H10ClN3O4S/c1-17-6-3-11-9(12-4-6)13-5-7(2-8(13)14)18(10,15)16/h3-4,7H,2,5H2,1H3. The quantitative estimate of drug-likeness (QED) is 0.737. The SMILES string of the molecule is COc1cnc(N2CC(S(=O)(=O)Cl)CC2=O)nc1. The number of nitrogens with zero attached hydrogens (tertiary/aromatic N) is 3. The molecule has 0 saturated carbocycles. The first kappa shape index (κ1) is 13.0. The van der Waals surface area contributed by atoms with Gasteiger partial charge >= 0.3 is 0 Å². The predicted molar refractivity (Wildman–Crippen MR) is 64.1 cm³/mol. The van der Waals surface area contributed by atoms with E-state index in [1.165, 1.54) is 24.4 Å². The number of amides is 1. The second kappa shape index (κ2) is 4.69. The Kier molecular flexibility index (Phi) is 3.40. The zero-order valence-electron chi connectivity index (χ0n) is 9.41. The molecule has 1 unspecified atom stereocenters. The van der Waals surface area contributed by atoms with Gasteiger partial charge in [-0.1, -0.05) is 0 Å². The van der Waals surface area contributed by atoms with E-state index >= 15 is 0 Å². The largest absolute Gasteiger partial charge is 0.494 e. The molecular weight excluding hydrogens is 282 g/mol. The molecule has 0 spiro atoms. The summed E-state index contributed by atoms with van der Waals surface area (Å²) >= 11 is 0. The minimum Gasteiger partial charge on any atom is -0.494 e. The number of ether oxygens (including phenoxy) is 1. The van der Waals surface area contributed by atoms with Gasteiger partial charge in [-0.2, -0.15) is 0 Å². The van der Waals surface area contributed by atoms with Crippen LogP contribution in [0.3, 0.4) is 0 Å². The van der Waals surface area contributed by atoms with Crippen molar-refractivity contribution in [1.82, 2.24) is 9.97 Å². The van der Waals surface area contributed by atoms with E-state index in [4.69, 9.17) is 15.4 Å². The monoisotopic (exact) mass is 291 g/mol. The summed E-state index contributed by atoms with van der Waals surface area (Å²) in [5.41, 5.74) is 0. The molecule has 7 nitrogen and oxygen atoms in total. The molecule has 1 aromatic heterocycles. The number of anilines is 1. The van der Waals surface area contributed by atoms with Crippen molar-refractivity contribution in [2.24, 2.45) is 0 Å². The maximum atomic E-state index is 11.7. The van der Waals surface area contributed by atoms with Crippen LogP contribution in [0.2, 0.25) is 0 Å². The smallest absolute Gasteiger partial charge is 0.237 e. The lowest BCUT2D eigenvalue weighted by Crippen LogP contribution is -2.28. The van der Waals surface area contributed by atoms with Gasteiger partial charge in [-0.3, -0.25) is 9.69 Å². The molecule has 0 bridgehead atoms. The van der Waals surface area contributed by atoms with Crippen molar-refractivity contribution in [3.63, 3.8) is 0 Å². The van der Waals surface area contributed by atoms with E-state index in [9.17, 15) is 13.2 Å². The normalized spacial score (nSPS) is 20.2. The highest BCUT2D eigenvalue weighted by molar-refractivity contribution is 8.14. The van der Waals surface area contributed by atoms with Crippen LogP contribution in [0.4, 0.5) is 5.95 Å². The summed E-state index contributed by atoms with van der Waals surface area (Å²) in [7, 11) is 2.95. The van der Waals surface area contributed by atoms with Crippen molar-refractivity contribution < 1.29 is 17.9 Å². The average Bonchev–Trinajstić information content (AvgIpc) is 2.71. The number of halogens is 1. The lowest BCUT2D eigenvalue weighted by atomic mass is 10.4. The topological polar surface area (TPSA) is 89.5 Å².